The molecule has 0 amide bonds. The van der Waals surface area contributed by atoms with E-state index in [1.807, 2.05) is 36.8 Å². The van der Waals surface area contributed by atoms with Crippen molar-refractivity contribution in [3.8, 4) is 0 Å². The highest BCUT2D eigenvalue weighted by Gasteiger charge is 2.42. The molecule has 2 atom stereocenters. The van der Waals surface area contributed by atoms with E-state index in [0.717, 1.165) is 22.9 Å². The van der Waals surface area contributed by atoms with E-state index in [1.165, 1.54) is 29.8 Å². The third kappa shape index (κ3) is 3.31. The summed E-state index contributed by atoms with van der Waals surface area (Å²) in [7, 11) is 0. The average Bonchev–Trinajstić information content (AvgIpc) is 3.46. The lowest BCUT2D eigenvalue weighted by molar-refractivity contribution is 0.309. The second-order valence-electron chi connectivity index (χ2n) is 8.04. The quantitative estimate of drug-likeness (QED) is 0.640. The van der Waals surface area contributed by atoms with Gasteiger partial charge in [0.1, 0.15) is 0 Å². The summed E-state index contributed by atoms with van der Waals surface area (Å²) in [6, 6.07) is 13.3. The molecule has 1 N–H and O–H groups in total. The van der Waals surface area contributed by atoms with Crippen molar-refractivity contribution in [2.75, 3.05) is 0 Å². The fraction of sp³-hybridized carbons (Fsp3) is 0.348. The molecular weight excluding hydrogens is 378 g/mol. The molecule has 5 rings (SSSR count). The highest BCUT2D eigenvalue weighted by molar-refractivity contribution is 7.80. The topological polar surface area (TPSA) is 46.0 Å². The van der Waals surface area contributed by atoms with E-state index in [-0.39, 0.29) is 12.1 Å². The molecule has 1 saturated carbocycles. The molecule has 1 aliphatic heterocycles. The van der Waals surface area contributed by atoms with Crippen LogP contribution in [0.4, 0.5) is 0 Å². The van der Waals surface area contributed by atoms with Gasteiger partial charge in [0.05, 0.1) is 17.8 Å². The van der Waals surface area contributed by atoms with Crippen molar-refractivity contribution in [1.29, 1.82) is 0 Å². The lowest BCUT2D eigenvalue weighted by Crippen LogP contribution is -2.29. The van der Waals surface area contributed by atoms with E-state index in [4.69, 9.17) is 12.2 Å². The highest BCUT2D eigenvalue weighted by Crippen LogP contribution is 2.44. The second kappa shape index (κ2) is 7.26. The molecule has 0 radical (unpaired) electrons. The van der Waals surface area contributed by atoms with Crippen molar-refractivity contribution in [3.05, 3.63) is 83.2 Å². The number of pyridine rings is 2. The zero-order chi connectivity index (χ0) is 20.0. The van der Waals surface area contributed by atoms with Crippen LogP contribution in [0.3, 0.4) is 0 Å². The first kappa shape index (κ1) is 18.3. The Morgan fingerprint density at radius 2 is 2.00 bits per heavy atom. The standard InChI is InChI=1S/C23H25N5S/c1-15-12-19(16(2)28(15)18-8-9-18)22-21(20-7-3-4-11-25-20)26-23(29)27(22)14-17-6-5-10-24-13-17/h3-7,10-13,18,21-22H,8-9,14H2,1-2H3,(H,26,29)/t21-,22+/m1/s1. The third-order valence-corrected chi connectivity index (χ3v) is 6.38. The Balaban J connectivity index is 1.59. The lowest BCUT2D eigenvalue weighted by Gasteiger charge is -2.28. The van der Waals surface area contributed by atoms with Crippen molar-refractivity contribution < 1.29 is 0 Å². The van der Waals surface area contributed by atoms with Gasteiger partial charge in [-0.25, -0.2) is 0 Å². The predicted octanol–water partition coefficient (Wildman–Crippen LogP) is 4.40. The zero-order valence-corrected chi connectivity index (χ0v) is 17.6. The van der Waals surface area contributed by atoms with E-state index in [9.17, 15) is 0 Å². The lowest BCUT2D eigenvalue weighted by atomic mass is 9.96. The molecule has 148 valence electrons. The molecule has 0 spiro atoms. The molecule has 2 aliphatic rings. The van der Waals surface area contributed by atoms with Gasteiger partial charge in [-0.1, -0.05) is 12.1 Å². The van der Waals surface area contributed by atoms with Crippen LogP contribution in [0.25, 0.3) is 0 Å². The van der Waals surface area contributed by atoms with Crippen LogP contribution in [-0.2, 0) is 6.54 Å². The second-order valence-corrected chi connectivity index (χ2v) is 8.43. The van der Waals surface area contributed by atoms with Gasteiger partial charge in [0.25, 0.3) is 0 Å². The van der Waals surface area contributed by atoms with Gasteiger partial charge in [-0.15, -0.1) is 0 Å². The van der Waals surface area contributed by atoms with Crippen LogP contribution < -0.4 is 5.32 Å². The van der Waals surface area contributed by atoms with Crippen LogP contribution >= 0.6 is 12.2 Å². The molecule has 5 nitrogen and oxygen atoms in total. The van der Waals surface area contributed by atoms with Crippen LogP contribution in [0.1, 0.15) is 59.2 Å². The minimum absolute atomic E-state index is 0.0218. The fourth-order valence-corrected chi connectivity index (χ4v) is 4.90. The molecule has 29 heavy (non-hydrogen) atoms. The van der Waals surface area contributed by atoms with Gasteiger partial charge in [0.2, 0.25) is 0 Å². The molecule has 0 aromatic carbocycles. The number of nitrogens with zero attached hydrogens (tertiary/aromatic N) is 4. The van der Waals surface area contributed by atoms with Gasteiger partial charge >= 0.3 is 0 Å². The molecule has 1 saturated heterocycles. The number of hydrogen-bond donors (Lipinski definition) is 1. The Labute approximate surface area is 176 Å². The van der Waals surface area contributed by atoms with E-state index in [0.29, 0.717) is 6.04 Å². The molecule has 4 heterocycles. The number of hydrogen-bond acceptors (Lipinski definition) is 3. The maximum Gasteiger partial charge on any atom is 0.170 e. The minimum Gasteiger partial charge on any atom is -0.352 e. The first-order valence-corrected chi connectivity index (χ1v) is 10.6. The molecule has 0 unspecified atom stereocenters. The summed E-state index contributed by atoms with van der Waals surface area (Å²) in [5, 5.41) is 4.32. The Morgan fingerprint density at radius 3 is 2.69 bits per heavy atom. The van der Waals surface area contributed by atoms with Crippen LogP contribution in [0.2, 0.25) is 0 Å². The van der Waals surface area contributed by atoms with Gasteiger partial charge in [-0.3, -0.25) is 9.97 Å². The Morgan fingerprint density at radius 1 is 1.14 bits per heavy atom. The van der Waals surface area contributed by atoms with Gasteiger partial charge in [0, 0.05) is 42.6 Å². The SMILES string of the molecule is Cc1cc([C@H]2[C@@H](c3ccccn3)NC(=S)N2Cc2cccnc2)c(C)n1C1CC1. The first-order valence-electron chi connectivity index (χ1n) is 10.2. The van der Waals surface area contributed by atoms with Crippen molar-refractivity contribution in [1.82, 2.24) is 24.8 Å². The van der Waals surface area contributed by atoms with Crippen molar-refractivity contribution in [2.24, 2.45) is 0 Å². The molecule has 6 heteroatoms. The summed E-state index contributed by atoms with van der Waals surface area (Å²) in [4.78, 5) is 11.2. The summed E-state index contributed by atoms with van der Waals surface area (Å²) < 4.78 is 2.51. The fourth-order valence-electron chi connectivity index (χ4n) is 4.60. The smallest absolute Gasteiger partial charge is 0.170 e. The summed E-state index contributed by atoms with van der Waals surface area (Å²) >= 11 is 5.80. The van der Waals surface area contributed by atoms with Crippen LogP contribution in [0.15, 0.2) is 55.0 Å². The third-order valence-electron chi connectivity index (χ3n) is 6.03. The van der Waals surface area contributed by atoms with E-state index >= 15 is 0 Å². The number of rotatable bonds is 5. The number of thiocarbonyl (C=S) groups is 1. The largest absolute Gasteiger partial charge is 0.352 e. The van der Waals surface area contributed by atoms with Crippen LogP contribution in [0, 0.1) is 13.8 Å². The normalized spacial score (nSPS) is 21.4. The molecule has 3 aromatic rings. The minimum atomic E-state index is 0.0218. The predicted molar refractivity (Wildman–Crippen MR) is 117 cm³/mol. The summed E-state index contributed by atoms with van der Waals surface area (Å²) in [5.74, 6) is 0. The van der Waals surface area contributed by atoms with Gasteiger partial charge in [-0.2, -0.15) is 0 Å². The Bertz CT molecular complexity index is 1030. The van der Waals surface area contributed by atoms with Crippen LogP contribution in [-0.4, -0.2) is 24.5 Å². The number of aryl methyl sites for hydroxylation is 1. The highest BCUT2D eigenvalue weighted by atomic mass is 32.1. The van der Waals surface area contributed by atoms with Crippen LogP contribution in [0.5, 0.6) is 0 Å². The van der Waals surface area contributed by atoms with Gasteiger partial charge < -0.3 is 14.8 Å². The summed E-state index contributed by atoms with van der Waals surface area (Å²) in [6.07, 6.45) is 8.14. The van der Waals surface area contributed by atoms with E-state index in [1.54, 1.807) is 0 Å². The van der Waals surface area contributed by atoms with Gasteiger partial charge in [-0.05, 0) is 74.3 Å². The molecular formula is C23H25N5S. The maximum atomic E-state index is 5.80. The van der Waals surface area contributed by atoms with Crippen molar-refractivity contribution in [2.45, 2.75) is 51.4 Å². The molecule has 1 aliphatic carbocycles. The molecule has 2 fully saturated rings. The van der Waals surface area contributed by atoms with Crippen molar-refractivity contribution in [3.63, 3.8) is 0 Å². The number of nitrogens with one attached hydrogen (secondary N) is 1. The molecule has 3 aromatic heterocycles. The zero-order valence-electron chi connectivity index (χ0n) is 16.7. The van der Waals surface area contributed by atoms with Gasteiger partial charge in [0.15, 0.2) is 5.11 Å². The summed E-state index contributed by atoms with van der Waals surface area (Å²) in [5.41, 5.74) is 6.18. The first-order chi connectivity index (χ1) is 14.1. The Kier molecular flexibility index (Phi) is 4.59. The monoisotopic (exact) mass is 403 g/mol. The van der Waals surface area contributed by atoms with Crippen molar-refractivity contribution >= 4 is 17.3 Å². The Hall–Kier alpha value is -2.73. The van der Waals surface area contributed by atoms with E-state index < -0.39 is 0 Å². The maximum absolute atomic E-state index is 5.80. The molecule has 0 bridgehead atoms. The van der Waals surface area contributed by atoms with E-state index in [2.05, 4.69) is 56.8 Å². The summed E-state index contributed by atoms with van der Waals surface area (Å²) in [6.45, 7) is 5.19. The average molecular weight is 404 g/mol. The number of aromatic nitrogens is 3.